The Bertz CT molecular complexity index is 1260. The van der Waals surface area contributed by atoms with Gasteiger partial charge in [0.2, 0.25) is 0 Å². The van der Waals surface area contributed by atoms with Crippen LogP contribution in [0, 0.1) is 0 Å². The van der Waals surface area contributed by atoms with Crippen LogP contribution in [0.3, 0.4) is 0 Å². The van der Waals surface area contributed by atoms with E-state index in [0.717, 1.165) is 29.1 Å². The van der Waals surface area contributed by atoms with Crippen molar-refractivity contribution in [3.63, 3.8) is 0 Å². The van der Waals surface area contributed by atoms with Crippen molar-refractivity contribution < 1.29 is 23.0 Å². The molecule has 2 heterocycles. The number of ether oxygens (including phenoxy) is 2. The van der Waals surface area contributed by atoms with Gasteiger partial charge in [0, 0.05) is 29.6 Å². The SMILES string of the molecule is C[C@H]1CC=C(c2ccc(-c3cc(Oc4ccc(S(C)(=O)=O)cc4)cc(O[C@@H](C)CO)c3)[nH]2)N1. The summed E-state index contributed by atoms with van der Waals surface area (Å²) >= 11 is 0. The summed E-state index contributed by atoms with van der Waals surface area (Å²) in [5.74, 6) is 1.59. The van der Waals surface area contributed by atoms with Crippen molar-refractivity contribution in [2.75, 3.05) is 12.9 Å². The number of hydrogen-bond acceptors (Lipinski definition) is 6. The second-order valence-electron chi connectivity index (χ2n) is 8.33. The van der Waals surface area contributed by atoms with Crippen LogP contribution in [0.15, 0.2) is 65.6 Å². The molecule has 174 valence electrons. The van der Waals surface area contributed by atoms with E-state index in [2.05, 4.69) is 23.3 Å². The molecule has 1 aliphatic heterocycles. The van der Waals surface area contributed by atoms with Gasteiger partial charge in [-0.3, -0.25) is 0 Å². The fourth-order valence-corrected chi connectivity index (χ4v) is 4.23. The molecule has 3 N–H and O–H groups in total. The number of hydrogen-bond donors (Lipinski definition) is 3. The number of rotatable bonds is 8. The first-order chi connectivity index (χ1) is 15.7. The van der Waals surface area contributed by atoms with E-state index in [1.54, 1.807) is 25.1 Å². The summed E-state index contributed by atoms with van der Waals surface area (Å²) in [4.78, 5) is 3.67. The Labute approximate surface area is 194 Å². The minimum absolute atomic E-state index is 0.113. The lowest BCUT2D eigenvalue weighted by atomic mass is 10.1. The van der Waals surface area contributed by atoms with Gasteiger partial charge in [0.05, 0.1) is 22.9 Å². The summed E-state index contributed by atoms with van der Waals surface area (Å²) in [6.45, 7) is 3.81. The van der Waals surface area contributed by atoms with Crippen LogP contribution in [0.25, 0.3) is 17.0 Å². The van der Waals surface area contributed by atoms with Gasteiger partial charge in [-0.1, -0.05) is 6.08 Å². The maximum absolute atomic E-state index is 11.7. The zero-order chi connectivity index (χ0) is 23.6. The van der Waals surface area contributed by atoms with Gasteiger partial charge in [0.15, 0.2) is 9.84 Å². The molecule has 0 saturated heterocycles. The van der Waals surface area contributed by atoms with E-state index in [9.17, 15) is 13.5 Å². The van der Waals surface area contributed by atoms with Gasteiger partial charge >= 0.3 is 0 Å². The molecule has 0 amide bonds. The zero-order valence-electron chi connectivity index (χ0n) is 18.8. The van der Waals surface area contributed by atoms with Crippen molar-refractivity contribution in [2.24, 2.45) is 0 Å². The third-order valence-corrected chi connectivity index (χ3v) is 6.46. The van der Waals surface area contributed by atoms with Crippen LogP contribution in [0.2, 0.25) is 0 Å². The van der Waals surface area contributed by atoms with Crippen LogP contribution in [-0.4, -0.2) is 43.5 Å². The molecule has 2 atom stereocenters. The third kappa shape index (κ3) is 5.58. The molecule has 0 radical (unpaired) electrons. The smallest absolute Gasteiger partial charge is 0.175 e. The predicted octanol–water partition coefficient (Wildman–Crippen LogP) is 4.36. The van der Waals surface area contributed by atoms with Gasteiger partial charge in [-0.25, -0.2) is 8.42 Å². The molecular formula is C25H28N2O5S. The van der Waals surface area contributed by atoms with E-state index in [1.807, 2.05) is 24.3 Å². The highest BCUT2D eigenvalue weighted by atomic mass is 32.2. The highest BCUT2D eigenvalue weighted by molar-refractivity contribution is 7.90. The van der Waals surface area contributed by atoms with Crippen LogP contribution in [0.1, 0.15) is 26.0 Å². The largest absolute Gasteiger partial charge is 0.488 e. The number of aliphatic hydroxyl groups is 1. The van der Waals surface area contributed by atoms with Gasteiger partial charge in [0.25, 0.3) is 0 Å². The van der Waals surface area contributed by atoms with E-state index in [4.69, 9.17) is 9.47 Å². The van der Waals surface area contributed by atoms with E-state index < -0.39 is 9.84 Å². The number of nitrogens with one attached hydrogen (secondary N) is 2. The van der Waals surface area contributed by atoms with E-state index in [0.29, 0.717) is 23.3 Å². The molecule has 0 unspecified atom stereocenters. The zero-order valence-corrected chi connectivity index (χ0v) is 19.6. The molecule has 0 spiro atoms. The number of benzene rings is 2. The van der Waals surface area contributed by atoms with Crippen LogP contribution in [0.4, 0.5) is 0 Å². The molecular weight excluding hydrogens is 440 g/mol. The normalized spacial score (nSPS) is 16.7. The summed E-state index contributed by atoms with van der Waals surface area (Å²) in [6, 6.07) is 16.2. The Hall–Kier alpha value is -3.23. The van der Waals surface area contributed by atoms with Crippen LogP contribution in [-0.2, 0) is 9.84 Å². The van der Waals surface area contributed by atoms with E-state index >= 15 is 0 Å². The Morgan fingerprint density at radius 1 is 1.03 bits per heavy atom. The van der Waals surface area contributed by atoms with Gasteiger partial charge in [0.1, 0.15) is 23.4 Å². The summed E-state index contributed by atoms with van der Waals surface area (Å²) < 4.78 is 35.3. The lowest BCUT2D eigenvalue weighted by Crippen LogP contribution is -2.17. The highest BCUT2D eigenvalue weighted by Gasteiger charge is 2.16. The average molecular weight is 469 g/mol. The first-order valence-corrected chi connectivity index (χ1v) is 12.7. The number of aromatic nitrogens is 1. The summed E-state index contributed by atoms with van der Waals surface area (Å²) in [7, 11) is -3.28. The molecule has 0 fully saturated rings. The monoisotopic (exact) mass is 468 g/mol. The fraction of sp³-hybridized carbons (Fsp3) is 0.280. The lowest BCUT2D eigenvalue weighted by molar-refractivity contribution is 0.129. The van der Waals surface area contributed by atoms with Crippen molar-refractivity contribution in [1.82, 2.24) is 10.3 Å². The minimum atomic E-state index is -3.28. The molecule has 0 aliphatic carbocycles. The maximum Gasteiger partial charge on any atom is 0.175 e. The number of aliphatic hydroxyl groups excluding tert-OH is 1. The number of sulfone groups is 1. The molecule has 0 bridgehead atoms. The van der Waals surface area contributed by atoms with Crippen molar-refractivity contribution >= 4 is 15.5 Å². The van der Waals surface area contributed by atoms with Crippen LogP contribution >= 0.6 is 0 Å². The Balaban J connectivity index is 1.64. The Kier molecular flexibility index (Phi) is 6.49. The van der Waals surface area contributed by atoms with E-state index in [-0.39, 0.29) is 17.6 Å². The Morgan fingerprint density at radius 2 is 1.73 bits per heavy atom. The van der Waals surface area contributed by atoms with Crippen molar-refractivity contribution in [1.29, 1.82) is 0 Å². The molecule has 8 heteroatoms. The first-order valence-electron chi connectivity index (χ1n) is 10.8. The summed E-state index contributed by atoms with van der Waals surface area (Å²) in [5.41, 5.74) is 3.84. The second kappa shape index (κ2) is 9.33. The molecule has 4 rings (SSSR count). The average Bonchev–Trinajstić information content (AvgIpc) is 3.42. The van der Waals surface area contributed by atoms with Gasteiger partial charge < -0.3 is 24.9 Å². The first kappa shape index (κ1) is 22.9. The van der Waals surface area contributed by atoms with Crippen molar-refractivity contribution in [3.05, 3.63) is 66.4 Å². The van der Waals surface area contributed by atoms with Gasteiger partial charge in [-0.15, -0.1) is 0 Å². The topological polar surface area (TPSA) is 101 Å². The number of H-pyrrole nitrogens is 1. The molecule has 0 saturated carbocycles. The van der Waals surface area contributed by atoms with Crippen LogP contribution in [0.5, 0.6) is 17.2 Å². The lowest BCUT2D eigenvalue weighted by Gasteiger charge is -2.15. The van der Waals surface area contributed by atoms with Gasteiger partial charge in [-0.2, -0.15) is 0 Å². The van der Waals surface area contributed by atoms with Crippen molar-refractivity contribution in [3.8, 4) is 28.5 Å². The maximum atomic E-state index is 11.7. The second-order valence-corrected chi connectivity index (χ2v) is 10.4. The van der Waals surface area contributed by atoms with E-state index in [1.165, 1.54) is 18.4 Å². The number of aromatic amines is 1. The minimum Gasteiger partial charge on any atom is -0.488 e. The quantitative estimate of drug-likeness (QED) is 0.454. The third-order valence-electron chi connectivity index (χ3n) is 5.33. The summed E-state index contributed by atoms with van der Waals surface area (Å²) in [6.07, 6.45) is 3.95. The molecule has 33 heavy (non-hydrogen) atoms. The highest BCUT2D eigenvalue weighted by Crippen LogP contribution is 2.34. The van der Waals surface area contributed by atoms with Crippen LogP contribution < -0.4 is 14.8 Å². The molecule has 7 nitrogen and oxygen atoms in total. The molecule has 1 aliphatic rings. The van der Waals surface area contributed by atoms with Crippen molar-refractivity contribution in [2.45, 2.75) is 37.3 Å². The molecule has 2 aromatic carbocycles. The predicted molar refractivity (Wildman–Crippen MR) is 128 cm³/mol. The fourth-order valence-electron chi connectivity index (χ4n) is 3.60. The molecule has 3 aromatic rings. The molecule has 1 aromatic heterocycles. The summed E-state index contributed by atoms with van der Waals surface area (Å²) in [5, 5.41) is 12.8. The van der Waals surface area contributed by atoms with Gasteiger partial charge in [-0.05, 0) is 68.8 Å². The standard InChI is InChI=1S/C25H28N2O5S/c1-16-4-9-24(26-16)25-11-10-23(27-25)18-12-20(31-17(2)15-28)14-21(13-18)32-19-5-7-22(8-6-19)33(3,29)30/h5-14,16-17,26-28H,4,15H2,1-3H3/t16-,17-/m0/s1. The Morgan fingerprint density at radius 3 is 2.36 bits per heavy atom.